The van der Waals surface area contributed by atoms with Gasteiger partial charge in [-0.25, -0.2) is 9.18 Å². The molecule has 24 heavy (non-hydrogen) atoms. The molecule has 0 radical (unpaired) electrons. The van der Waals surface area contributed by atoms with Crippen LogP contribution in [-0.2, 0) is 11.3 Å². The Balaban J connectivity index is 1.46. The molecule has 2 amide bonds. The molecule has 0 saturated carbocycles. The van der Waals surface area contributed by atoms with E-state index in [1.807, 2.05) is 30.9 Å². The van der Waals surface area contributed by atoms with Crippen LogP contribution in [0, 0.1) is 5.82 Å². The van der Waals surface area contributed by atoms with Crippen molar-refractivity contribution in [2.75, 3.05) is 19.8 Å². The van der Waals surface area contributed by atoms with Crippen LogP contribution < -0.4 is 5.32 Å². The summed E-state index contributed by atoms with van der Waals surface area (Å²) in [6.07, 6.45) is 1.02. The van der Waals surface area contributed by atoms with E-state index in [0.29, 0.717) is 25.3 Å². The Morgan fingerprint density at radius 1 is 1.42 bits per heavy atom. The number of carbonyl (C=O) groups excluding carboxylic acids is 1. The molecule has 2 saturated heterocycles. The summed E-state index contributed by atoms with van der Waals surface area (Å²) in [4.78, 5) is 17.4. The summed E-state index contributed by atoms with van der Waals surface area (Å²) in [7, 11) is 0. The van der Waals surface area contributed by atoms with Crippen molar-refractivity contribution in [3.8, 4) is 0 Å². The van der Waals surface area contributed by atoms with Gasteiger partial charge in [0, 0.05) is 23.1 Å². The maximum atomic E-state index is 14.1. The Morgan fingerprint density at radius 2 is 2.21 bits per heavy atom. The molecule has 0 unspecified atom stereocenters. The Morgan fingerprint density at radius 3 is 2.79 bits per heavy atom. The highest BCUT2D eigenvalue weighted by molar-refractivity contribution is 5.82. The van der Waals surface area contributed by atoms with Crippen LogP contribution in [0.2, 0.25) is 0 Å². The fourth-order valence-electron chi connectivity index (χ4n) is 3.53. The van der Waals surface area contributed by atoms with Crippen LogP contribution in [0.3, 0.4) is 0 Å². The monoisotopic (exact) mass is 331 g/mol. The average molecular weight is 331 g/mol. The summed E-state index contributed by atoms with van der Waals surface area (Å²) in [6, 6.07) is 5.25. The summed E-state index contributed by atoms with van der Waals surface area (Å²) >= 11 is 0. The van der Waals surface area contributed by atoms with Crippen LogP contribution in [-0.4, -0.2) is 41.2 Å². The summed E-state index contributed by atoms with van der Waals surface area (Å²) in [5, 5.41) is 3.77. The lowest BCUT2D eigenvalue weighted by atomic mass is 9.83. The fourth-order valence-corrected chi connectivity index (χ4v) is 3.53. The molecule has 3 heterocycles. The van der Waals surface area contributed by atoms with E-state index in [1.165, 1.54) is 0 Å². The maximum absolute atomic E-state index is 14.1. The van der Waals surface area contributed by atoms with Crippen molar-refractivity contribution in [2.24, 2.45) is 0 Å². The first-order chi connectivity index (χ1) is 11.5. The largest absolute Gasteiger partial charge is 0.376 e. The summed E-state index contributed by atoms with van der Waals surface area (Å²) < 4.78 is 19.3. The molecule has 1 spiro atoms. The molecule has 1 aromatic carbocycles. The lowest BCUT2D eigenvalue weighted by Crippen LogP contribution is -2.73. The molecular weight excluding hydrogens is 309 g/mol. The van der Waals surface area contributed by atoms with Crippen LogP contribution in [0.1, 0.15) is 37.4 Å². The predicted molar refractivity (Wildman–Crippen MR) is 89.5 cm³/mol. The van der Waals surface area contributed by atoms with E-state index in [0.717, 1.165) is 29.6 Å². The van der Waals surface area contributed by atoms with E-state index in [4.69, 9.17) is 4.74 Å². The molecule has 0 atom stereocenters. The van der Waals surface area contributed by atoms with Crippen molar-refractivity contribution in [3.63, 3.8) is 0 Å². The number of rotatable bonds is 3. The van der Waals surface area contributed by atoms with E-state index in [1.54, 1.807) is 6.07 Å². The van der Waals surface area contributed by atoms with Crippen molar-refractivity contribution < 1.29 is 13.9 Å². The van der Waals surface area contributed by atoms with Gasteiger partial charge in [-0.05, 0) is 36.1 Å². The van der Waals surface area contributed by atoms with Gasteiger partial charge >= 0.3 is 6.03 Å². The lowest BCUT2D eigenvalue weighted by Gasteiger charge is -2.57. The van der Waals surface area contributed by atoms with Gasteiger partial charge in [0.25, 0.3) is 0 Å². The minimum absolute atomic E-state index is 0.0557. The van der Waals surface area contributed by atoms with Gasteiger partial charge in [0.2, 0.25) is 0 Å². The third-order valence-corrected chi connectivity index (χ3v) is 5.21. The smallest absolute Gasteiger partial charge is 0.318 e. The van der Waals surface area contributed by atoms with E-state index in [9.17, 15) is 9.18 Å². The number of H-pyrrole nitrogens is 1. The Bertz CT molecular complexity index is 789. The van der Waals surface area contributed by atoms with Crippen LogP contribution in [0.5, 0.6) is 0 Å². The molecule has 128 valence electrons. The first kappa shape index (κ1) is 15.4. The first-order valence-corrected chi connectivity index (χ1v) is 8.43. The molecule has 2 aliphatic rings. The number of nitrogens with zero attached hydrogens (tertiary/aromatic N) is 1. The minimum Gasteiger partial charge on any atom is -0.376 e. The number of halogens is 1. The molecule has 0 bridgehead atoms. The molecule has 6 heteroatoms. The average Bonchev–Trinajstić information content (AvgIpc) is 2.83. The number of carbonyl (C=O) groups is 1. The number of hydrogen-bond acceptors (Lipinski definition) is 2. The minimum atomic E-state index is -0.181. The van der Waals surface area contributed by atoms with Crippen LogP contribution in [0.15, 0.2) is 18.2 Å². The van der Waals surface area contributed by atoms with Crippen LogP contribution >= 0.6 is 0 Å². The third kappa shape index (κ3) is 2.36. The first-order valence-electron chi connectivity index (χ1n) is 8.43. The van der Waals surface area contributed by atoms with E-state index in [2.05, 4.69) is 10.3 Å². The molecular formula is C18H22FN3O2. The number of nitrogens with one attached hydrogen (secondary N) is 2. The van der Waals surface area contributed by atoms with Crippen molar-refractivity contribution in [2.45, 2.75) is 38.3 Å². The number of benzene rings is 1. The molecule has 1 aromatic heterocycles. The number of aromatic nitrogens is 1. The van der Waals surface area contributed by atoms with Gasteiger partial charge in [0.05, 0.1) is 25.3 Å². The fraction of sp³-hybridized carbons (Fsp3) is 0.500. The number of hydrogen-bond donors (Lipinski definition) is 2. The molecule has 2 aromatic rings. The highest BCUT2D eigenvalue weighted by Gasteiger charge is 2.52. The number of urea groups is 1. The maximum Gasteiger partial charge on any atom is 0.318 e. The Labute approximate surface area is 140 Å². The summed E-state index contributed by atoms with van der Waals surface area (Å²) in [5.74, 6) is -0.0484. The Kier molecular flexibility index (Phi) is 3.53. The van der Waals surface area contributed by atoms with Crippen molar-refractivity contribution in [1.29, 1.82) is 0 Å². The highest BCUT2D eigenvalue weighted by atomic mass is 19.1. The second-order valence-electron chi connectivity index (χ2n) is 7.19. The molecule has 5 nitrogen and oxygen atoms in total. The van der Waals surface area contributed by atoms with Crippen molar-refractivity contribution in [3.05, 3.63) is 35.3 Å². The zero-order chi connectivity index (χ0) is 16.9. The molecule has 2 N–H and O–H groups in total. The van der Waals surface area contributed by atoms with Gasteiger partial charge in [-0.1, -0.05) is 13.8 Å². The van der Waals surface area contributed by atoms with Gasteiger partial charge in [-0.2, -0.15) is 0 Å². The van der Waals surface area contributed by atoms with E-state index >= 15 is 0 Å². The summed E-state index contributed by atoms with van der Waals surface area (Å²) in [5.41, 5.74) is 2.42. The molecule has 2 aliphatic heterocycles. The lowest BCUT2D eigenvalue weighted by molar-refractivity contribution is -0.170. The number of likely N-dealkylation sites (tertiary alicyclic amines) is 1. The van der Waals surface area contributed by atoms with Crippen molar-refractivity contribution >= 4 is 16.9 Å². The SMILES string of the molecule is CC(C)c1cc2[nH]c(CNC(=O)N3CCC34COC4)cc2cc1F. The van der Waals surface area contributed by atoms with Gasteiger partial charge in [0.1, 0.15) is 5.82 Å². The third-order valence-electron chi connectivity index (χ3n) is 5.21. The molecule has 4 rings (SSSR count). The predicted octanol–water partition coefficient (Wildman–Crippen LogP) is 3.11. The summed E-state index contributed by atoms with van der Waals surface area (Å²) in [6.45, 7) is 6.42. The van der Waals surface area contributed by atoms with Crippen molar-refractivity contribution in [1.82, 2.24) is 15.2 Å². The highest BCUT2D eigenvalue weighted by Crippen LogP contribution is 2.37. The molecule has 0 aliphatic carbocycles. The quantitative estimate of drug-likeness (QED) is 0.908. The van der Waals surface area contributed by atoms with Gasteiger partial charge in [0.15, 0.2) is 0 Å². The standard InChI is InChI=1S/C18H22FN3O2/c1-11(2)14-7-16-12(6-15(14)19)5-13(21-16)8-20-17(23)22-4-3-18(22)9-24-10-18/h5-7,11,21H,3-4,8-10H2,1-2H3,(H,20,23). The van der Waals surface area contributed by atoms with Crippen LogP contribution in [0.4, 0.5) is 9.18 Å². The second kappa shape index (κ2) is 5.48. The number of fused-ring (bicyclic) bond motifs is 1. The zero-order valence-electron chi connectivity index (χ0n) is 14.0. The van der Waals surface area contributed by atoms with E-state index in [-0.39, 0.29) is 23.3 Å². The molecule has 2 fully saturated rings. The second-order valence-corrected chi connectivity index (χ2v) is 7.19. The Hall–Kier alpha value is -2.08. The zero-order valence-corrected chi connectivity index (χ0v) is 14.0. The van der Waals surface area contributed by atoms with Gasteiger partial charge in [-0.15, -0.1) is 0 Å². The number of amides is 2. The number of ether oxygens (including phenoxy) is 1. The van der Waals surface area contributed by atoms with E-state index < -0.39 is 0 Å². The normalized spacial score (nSPS) is 18.8. The van der Waals surface area contributed by atoms with Crippen LogP contribution in [0.25, 0.3) is 10.9 Å². The number of aromatic amines is 1. The van der Waals surface area contributed by atoms with Gasteiger partial charge < -0.3 is 19.9 Å². The topological polar surface area (TPSA) is 57.4 Å². The van der Waals surface area contributed by atoms with Gasteiger partial charge in [-0.3, -0.25) is 0 Å².